The maximum Gasteiger partial charge on any atom is 0.337 e. The number of fused-ring (bicyclic) bond motifs is 1. The monoisotopic (exact) mass is 440 g/mol. The van der Waals surface area contributed by atoms with Crippen molar-refractivity contribution in [1.82, 2.24) is 4.98 Å². The van der Waals surface area contributed by atoms with Gasteiger partial charge in [0.25, 0.3) is 0 Å². The standard InChI is InChI=1S/C26H24N4O3/c1-16-12-23(29-25-11-4-18(14-27)15-28-25)22-13-21(9-10-24(22)30(16)17(2)31)19-5-7-20(8-6-19)26(32)33-3/h4-11,13,15-16,23H,12H2,1-3H3,(H,28,29). The van der Waals surface area contributed by atoms with Crippen LogP contribution in [0.1, 0.15) is 47.8 Å². The lowest BCUT2D eigenvalue weighted by Crippen LogP contribution is -2.43. The van der Waals surface area contributed by atoms with E-state index in [1.165, 1.54) is 13.3 Å². The number of esters is 1. The highest BCUT2D eigenvalue weighted by Crippen LogP contribution is 2.41. The van der Waals surface area contributed by atoms with Crippen molar-refractivity contribution in [2.24, 2.45) is 0 Å². The Morgan fingerprint density at radius 2 is 1.85 bits per heavy atom. The molecule has 166 valence electrons. The normalized spacial score (nSPS) is 17.0. The predicted octanol–water partition coefficient (Wildman–Crippen LogP) is 4.71. The molecule has 7 heteroatoms. The van der Waals surface area contributed by atoms with Crippen LogP contribution in [-0.4, -0.2) is 30.0 Å². The second-order valence-electron chi connectivity index (χ2n) is 8.06. The minimum absolute atomic E-state index is 0.00567. The van der Waals surface area contributed by atoms with E-state index in [9.17, 15) is 9.59 Å². The summed E-state index contributed by atoms with van der Waals surface area (Å²) < 4.78 is 4.78. The summed E-state index contributed by atoms with van der Waals surface area (Å²) in [6.45, 7) is 3.61. The summed E-state index contributed by atoms with van der Waals surface area (Å²) in [6.07, 6.45) is 2.25. The molecule has 0 spiro atoms. The molecule has 1 N–H and O–H groups in total. The van der Waals surface area contributed by atoms with Crippen LogP contribution in [0, 0.1) is 11.3 Å². The van der Waals surface area contributed by atoms with Gasteiger partial charge in [0.2, 0.25) is 5.91 Å². The third kappa shape index (κ3) is 4.41. The van der Waals surface area contributed by atoms with Crippen LogP contribution in [0.15, 0.2) is 60.8 Å². The van der Waals surface area contributed by atoms with Crippen LogP contribution in [0.3, 0.4) is 0 Å². The van der Waals surface area contributed by atoms with Crippen LogP contribution >= 0.6 is 0 Å². The molecule has 0 saturated carbocycles. The van der Waals surface area contributed by atoms with Crippen molar-refractivity contribution >= 4 is 23.4 Å². The summed E-state index contributed by atoms with van der Waals surface area (Å²) >= 11 is 0. The van der Waals surface area contributed by atoms with E-state index < -0.39 is 0 Å². The van der Waals surface area contributed by atoms with Gasteiger partial charge >= 0.3 is 5.97 Å². The summed E-state index contributed by atoms with van der Waals surface area (Å²) in [5.41, 5.74) is 4.77. The molecule has 1 aliphatic heterocycles. The van der Waals surface area contributed by atoms with E-state index in [0.29, 0.717) is 23.4 Å². The van der Waals surface area contributed by atoms with Gasteiger partial charge in [0.15, 0.2) is 0 Å². The molecule has 0 saturated heterocycles. The lowest BCUT2D eigenvalue weighted by molar-refractivity contribution is -0.117. The van der Waals surface area contributed by atoms with Gasteiger partial charge in [0.1, 0.15) is 11.9 Å². The number of rotatable bonds is 4. The predicted molar refractivity (Wildman–Crippen MR) is 126 cm³/mol. The Bertz CT molecular complexity index is 1230. The zero-order valence-corrected chi connectivity index (χ0v) is 18.7. The Morgan fingerprint density at radius 1 is 1.12 bits per heavy atom. The van der Waals surface area contributed by atoms with Gasteiger partial charge in [-0.2, -0.15) is 5.26 Å². The fourth-order valence-corrected chi connectivity index (χ4v) is 4.30. The van der Waals surface area contributed by atoms with Crippen molar-refractivity contribution in [3.8, 4) is 17.2 Å². The van der Waals surface area contributed by atoms with E-state index in [1.54, 1.807) is 31.2 Å². The smallest absolute Gasteiger partial charge is 0.337 e. The number of carbonyl (C=O) groups is 2. The molecule has 1 aliphatic rings. The van der Waals surface area contributed by atoms with Gasteiger partial charge in [-0.05, 0) is 66.4 Å². The molecule has 33 heavy (non-hydrogen) atoms. The molecule has 3 aromatic rings. The topological polar surface area (TPSA) is 95.3 Å². The van der Waals surface area contributed by atoms with Crippen molar-refractivity contribution in [2.75, 3.05) is 17.3 Å². The Morgan fingerprint density at radius 3 is 2.45 bits per heavy atom. The fraction of sp³-hybridized carbons (Fsp3) is 0.231. The number of methoxy groups -OCH3 is 1. The number of nitrogens with zero attached hydrogens (tertiary/aromatic N) is 3. The van der Waals surface area contributed by atoms with E-state index in [4.69, 9.17) is 10.00 Å². The molecule has 0 fully saturated rings. The Labute approximate surface area is 192 Å². The molecule has 2 aromatic carbocycles. The van der Waals surface area contributed by atoms with Crippen LogP contribution in [0.4, 0.5) is 11.5 Å². The fourth-order valence-electron chi connectivity index (χ4n) is 4.30. The number of anilines is 2. The van der Waals surface area contributed by atoms with Crippen molar-refractivity contribution in [2.45, 2.75) is 32.4 Å². The second-order valence-corrected chi connectivity index (χ2v) is 8.06. The molecule has 1 aromatic heterocycles. The molecule has 7 nitrogen and oxygen atoms in total. The van der Waals surface area contributed by atoms with Crippen LogP contribution in [0.5, 0.6) is 0 Å². The van der Waals surface area contributed by atoms with Gasteiger partial charge in [0.05, 0.1) is 24.3 Å². The summed E-state index contributed by atoms with van der Waals surface area (Å²) in [5, 5.41) is 12.5. The maximum absolute atomic E-state index is 12.4. The van der Waals surface area contributed by atoms with E-state index in [-0.39, 0.29) is 24.0 Å². The minimum atomic E-state index is -0.378. The summed E-state index contributed by atoms with van der Waals surface area (Å²) in [5.74, 6) is 0.285. The third-order valence-corrected chi connectivity index (χ3v) is 5.87. The lowest BCUT2D eigenvalue weighted by atomic mass is 9.89. The van der Waals surface area contributed by atoms with Gasteiger partial charge in [-0.15, -0.1) is 0 Å². The number of amides is 1. The number of hydrogen-bond acceptors (Lipinski definition) is 6. The van der Waals surface area contributed by atoms with Crippen LogP contribution < -0.4 is 10.2 Å². The molecular weight excluding hydrogens is 416 g/mol. The number of ether oxygens (including phenoxy) is 1. The first-order valence-corrected chi connectivity index (χ1v) is 10.7. The molecule has 0 aliphatic carbocycles. The largest absolute Gasteiger partial charge is 0.465 e. The quantitative estimate of drug-likeness (QED) is 0.591. The van der Waals surface area contributed by atoms with Gasteiger partial charge in [-0.25, -0.2) is 9.78 Å². The maximum atomic E-state index is 12.4. The molecule has 1 amide bonds. The second kappa shape index (κ2) is 9.13. The number of pyridine rings is 1. The third-order valence-electron chi connectivity index (χ3n) is 5.87. The zero-order valence-electron chi connectivity index (χ0n) is 18.7. The number of hydrogen-bond donors (Lipinski definition) is 1. The van der Waals surface area contributed by atoms with Crippen LogP contribution in [-0.2, 0) is 9.53 Å². The van der Waals surface area contributed by atoms with Crippen LogP contribution in [0.25, 0.3) is 11.1 Å². The first kappa shape index (κ1) is 22.0. The Hall–Kier alpha value is -4.18. The van der Waals surface area contributed by atoms with Gasteiger partial charge in [-0.3, -0.25) is 4.79 Å². The van der Waals surface area contributed by atoms with E-state index in [2.05, 4.69) is 22.4 Å². The van der Waals surface area contributed by atoms with E-state index >= 15 is 0 Å². The van der Waals surface area contributed by atoms with Crippen molar-refractivity contribution < 1.29 is 14.3 Å². The average molecular weight is 441 g/mol. The number of nitriles is 1. The Balaban J connectivity index is 1.72. The highest BCUT2D eigenvalue weighted by molar-refractivity contribution is 5.94. The molecule has 0 radical (unpaired) electrons. The van der Waals surface area contributed by atoms with Crippen molar-refractivity contribution in [1.29, 1.82) is 5.26 Å². The highest BCUT2D eigenvalue weighted by atomic mass is 16.5. The number of nitrogens with one attached hydrogen (secondary N) is 1. The molecule has 2 atom stereocenters. The molecule has 4 rings (SSSR count). The van der Waals surface area contributed by atoms with E-state index in [1.807, 2.05) is 36.1 Å². The first-order valence-electron chi connectivity index (χ1n) is 10.7. The highest BCUT2D eigenvalue weighted by Gasteiger charge is 2.32. The van der Waals surface area contributed by atoms with Gasteiger partial charge < -0.3 is 15.0 Å². The van der Waals surface area contributed by atoms with Gasteiger partial charge in [0, 0.05) is 24.8 Å². The van der Waals surface area contributed by atoms with Crippen LogP contribution in [0.2, 0.25) is 0 Å². The molecule has 2 unspecified atom stereocenters. The van der Waals surface area contributed by atoms with E-state index in [0.717, 1.165) is 22.4 Å². The molecule has 2 heterocycles. The number of benzene rings is 2. The summed E-state index contributed by atoms with van der Waals surface area (Å²) in [7, 11) is 1.36. The van der Waals surface area contributed by atoms with Crippen molar-refractivity contribution in [3.63, 3.8) is 0 Å². The lowest BCUT2D eigenvalue weighted by Gasteiger charge is -2.39. The number of carbonyl (C=O) groups excluding carboxylic acids is 2. The van der Waals surface area contributed by atoms with Gasteiger partial charge in [-0.1, -0.05) is 18.2 Å². The Kier molecular flexibility index (Phi) is 6.09. The minimum Gasteiger partial charge on any atom is -0.465 e. The first-order chi connectivity index (χ1) is 15.9. The van der Waals surface area contributed by atoms with Crippen molar-refractivity contribution in [3.05, 3.63) is 77.5 Å². The average Bonchev–Trinajstić information content (AvgIpc) is 2.83. The number of aromatic nitrogens is 1. The zero-order chi connectivity index (χ0) is 23.5. The SMILES string of the molecule is COC(=O)c1ccc(-c2ccc3c(c2)C(Nc2ccc(C#N)cn2)CC(C)N3C(C)=O)cc1. The molecular formula is C26H24N4O3. The summed E-state index contributed by atoms with van der Waals surface area (Å²) in [6, 6.07) is 18.8. The molecule has 0 bridgehead atoms. The summed E-state index contributed by atoms with van der Waals surface area (Å²) in [4.78, 5) is 30.3.